The molecular formula is C44H50N10O. The Balaban J connectivity index is 0.000000133. The summed E-state index contributed by atoms with van der Waals surface area (Å²) in [5, 5.41) is 12.4. The molecule has 2 fully saturated rings. The topological polar surface area (TPSA) is 134 Å². The molecule has 0 unspecified atom stereocenters. The fraction of sp³-hybridized carbons (Fsp3) is 0.386. The molecule has 2 aliphatic carbocycles. The van der Waals surface area contributed by atoms with Crippen LogP contribution in [-0.2, 0) is 31.0 Å². The Morgan fingerprint density at radius 3 is 1.84 bits per heavy atom. The number of benzene rings is 2. The van der Waals surface area contributed by atoms with Crippen LogP contribution in [0.25, 0.3) is 21.8 Å². The zero-order valence-electron chi connectivity index (χ0n) is 31.5. The minimum absolute atomic E-state index is 0.406. The molecule has 0 amide bonds. The van der Waals surface area contributed by atoms with Gasteiger partial charge in [0.05, 0.1) is 46.2 Å². The van der Waals surface area contributed by atoms with Gasteiger partial charge in [-0.05, 0) is 55.9 Å². The number of rotatable bonds is 7. The molecule has 282 valence electrons. The molecule has 0 radical (unpaired) electrons. The lowest BCUT2D eigenvalue weighted by atomic mass is 9.89. The second-order valence-corrected chi connectivity index (χ2v) is 15.2. The molecule has 6 heterocycles. The molecule has 0 atom stereocenters. The van der Waals surface area contributed by atoms with Gasteiger partial charge in [-0.15, -0.1) is 0 Å². The lowest BCUT2D eigenvalue weighted by molar-refractivity contribution is -0.111. The Kier molecular flexibility index (Phi) is 11.9. The van der Waals surface area contributed by atoms with Crippen molar-refractivity contribution in [2.45, 2.75) is 90.4 Å². The first kappa shape index (κ1) is 36.6. The number of anilines is 4. The molecule has 2 saturated carbocycles. The maximum atomic E-state index is 10.2. The molecular weight excluding hydrogens is 685 g/mol. The van der Waals surface area contributed by atoms with E-state index in [2.05, 4.69) is 75.0 Å². The van der Waals surface area contributed by atoms with Crippen LogP contribution in [0.4, 0.5) is 23.0 Å². The van der Waals surface area contributed by atoms with Gasteiger partial charge in [-0.2, -0.15) is 0 Å². The van der Waals surface area contributed by atoms with Gasteiger partial charge in [-0.25, -0.2) is 19.9 Å². The highest BCUT2D eigenvalue weighted by molar-refractivity contribution is 5.83. The molecule has 3 N–H and O–H groups in total. The van der Waals surface area contributed by atoms with Gasteiger partial charge in [0.2, 0.25) is 0 Å². The Hall–Kier alpha value is -5.39. The normalized spacial score (nSPS) is 17.0. The predicted octanol–water partition coefficient (Wildman–Crippen LogP) is 8.80. The monoisotopic (exact) mass is 734 g/mol. The van der Waals surface area contributed by atoms with E-state index in [4.69, 9.17) is 0 Å². The van der Waals surface area contributed by atoms with Crippen molar-refractivity contribution in [1.29, 1.82) is 0 Å². The number of hydrogen-bond donors (Lipinski definition) is 3. The zero-order chi connectivity index (χ0) is 37.2. The number of carbonyl (C=O) groups is 1. The maximum absolute atomic E-state index is 10.2. The second-order valence-electron chi connectivity index (χ2n) is 15.2. The van der Waals surface area contributed by atoms with E-state index in [1.807, 2.05) is 48.8 Å². The van der Waals surface area contributed by atoms with Crippen molar-refractivity contribution in [3.05, 3.63) is 108 Å². The lowest BCUT2D eigenvalue weighted by Crippen LogP contribution is -2.26. The van der Waals surface area contributed by atoms with Gasteiger partial charge in [0.1, 0.15) is 30.6 Å². The third-order valence-corrected chi connectivity index (χ3v) is 11.2. The first-order valence-electron chi connectivity index (χ1n) is 20.0. The first-order valence-corrected chi connectivity index (χ1v) is 20.0. The molecule has 4 aromatic heterocycles. The van der Waals surface area contributed by atoms with Crippen molar-refractivity contribution in [3.8, 4) is 0 Å². The van der Waals surface area contributed by atoms with E-state index in [0.29, 0.717) is 5.92 Å². The largest absolute Gasteiger partial charge is 0.339 e. The summed E-state index contributed by atoms with van der Waals surface area (Å²) in [5.41, 5.74) is 8.52. The van der Waals surface area contributed by atoms with E-state index < -0.39 is 0 Å². The molecule has 4 aliphatic rings. The molecule has 10 rings (SSSR count). The number of aromatic nitrogens is 6. The van der Waals surface area contributed by atoms with Gasteiger partial charge in [0, 0.05) is 60.5 Å². The summed E-state index contributed by atoms with van der Waals surface area (Å²) in [6.45, 7) is 4.68. The predicted molar refractivity (Wildman–Crippen MR) is 218 cm³/mol. The van der Waals surface area contributed by atoms with Crippen molar-refractivity contribution >= 4 is 51.1 Å². The number of nitrogens with one attached hydrogen (secondary N) is 3. The fourth-order valence-corrected chi connectivity index (χ4v) is 8.24. The van der Waals surface area contributed by atoms with E-state index in [1.54, 1.807) is 12.7 Å². The molecule has 0 spiro atoms. The van der Waals surface area contributed by atoms with Crippen molar-refractivity contribution < 1.29 is 4.79 Å². The molecule has 11 nitrogen and oxygen atoms in total. The summed E-state index contributed by atoms with van der Waals surface area (Å²) in [6, 6.07) is 20.5. The number of carbonyl (C=O) groups excluding carboxylic acids is 1. The average Bonchev–Trinajstić information content (AvgIpc) is 3.90. The van der Waals surface area contributed by atoms with Crippen LogP contribution in [0.5, 0.6) is 0 Å². The molecule has 2 aromatic carbocycles. The third-order valence-electron chi connectivity index (χ3n) is 11.2. The fourth-order valence-electron chi connectivity index (χ4n) is 8.24. The van der Waals surface area contributed by atoms with Crippen molar-refractivity contribution in [2.75, 3.05) is 17.2 Å². The van der Waals surface area contributed by atoms with Gasteiger partial charge >= 0.3 is 0 Å². The van der Waals surface area contributed by atoms with Crippen LogP contribution >= 0.6 is 0 Å². The van der Waals surface area contributed by atoms with Crippen LogP contribution in [0.3, 0.4) is 0 Å². The van der Waals surface area contributed by atoms with Crippen molar-refractivity contribution in [3.63, 3.8) is 0 Å². The molecule has 0 saturated heterocycles. The summed E-state index contributed by atoms with van der Waals surface area (Å²) >= 11 is 0. The average molecular weight is 735 g/mol. The quantitative estimate of drug-likeness (QED) is 0.136. The third kappa shape index (κ3) is 9.29. The Labute approximate surface area is 322 Å². The van der Waals surface area contributed by atoms with E-state index in [-0.39, 0.29) is 0 Å². The number of para-hydroxylation sites is 2. The number of aldehydes is 1. The first-order chi connectivity index (χ1) is 27.2. The standard InChI is InChI=1S/C22H25N5.C15H13N5.C7H12O/c1-2-6-16(7-3-1)12-27-13-19-21(14-27)24-15-25-22(19)26-18-10-17-8-4-5-9-20(17)23-11-18;1-2-4-13-10(3-1)5-11(6-17-13)20-15-12-7-16-8-14(12)18-9-19-15;8-6-7-4-2-1-3-5-7/h4-5,8-11,15-16H,1-3,6-7,12-14H2,(H,24,25,26);1-6,9,16H,7-8H2,(H,18,19,20);6-7H,1-5H2. The Morgan fingerprint density at radius 1 is 0.636 bits per heavy atom. The number of pyridine rings is 2. The molecule has 2 aliphatic heterocycles. The summed E-state index contributed by atoms with van der Waals surface area (Å²) in [6.07, 6.45) is 21.2. The van der Waals surface area contributed by atoms with E-state index in [0.717, 1.165) is 113 Å². The van der Waals surface area contributed by atoms with Crippen LogP contribution in [0.15, 0.2) is 85.7 Å². The van der Waals surface area contributed by atoms with Gasteiger partial charge in [-0.3, -0.25) is 14.9 Å². The molecule has 6 aromatic rings. The van der Waals surface area contributed by atoms with Crippen LogP contribution in [0, 0.1) is 11.8 Å². The van der Waals surface area contributed by atoms with Crippen LogP contribution in [0.1, 0.15) is 86.7 Å². The summed E-state index contributed by atoms with van der Waals surface area (Å²) < 4.78 is 0. The van der Waals surface area contributed by atoms with Gasteiger partial charge in [-0.1, -0.05) is 74.9 Å². The highest BCUT2D eigenvalue weighted by atomic mass is 16.1. The van der Waals surface area contributed by atoms with Gasteiger partial charge in [0.25, 0.3) is 0 Å². The molecule has 0 bridgehead atoms. The summed E-state index contributed by atoms with van der Waals surface area (Å²) in [7, 11) is 0. The molecule has 55 heavy (non-hydrogen) atoms. The van der Waals surface area contributed by atoms with E-state index >= 15 is 0 Å². The van der Waals surface area contributed by atoms with Crippen molar-refractivity contribution in [2.24, 2.45) is 11.8 Å². The van der Waals surface area contributed by atoms with E-state index in [9.17, 15) is 4.79 Å². The smallest absolute Gasteiger partial charge is 0.138 e. The highest BCUT2D eigenvalue weighted by Crippen LogP contribution is 2.32. The minimum Gasteiger partial charge on any atom is -0.339 e. The van der Waals surface area contributed by atoms with Crippen LogP contribution in [0.2, 0.25) is 0 Å². The number of nitrogens with zero attached hydrogens (tertiary/aromatic N) is 7. The van der Waals surface area contributed by atoms with Crippen molar-refractivity contribution in [1.82, 2.24) is 40.1 Å². The number of fused-ring (bicyclic) bond motifs is 4. The SMILES string of the molecule is O=CC1CCCCC1.c1ccc2ncc(Nc3ncnc4c3CN(CC3CCCCC3)C4)cc2c1.c1ccc2ncc(Nc3ncnc4c3CNC4)cc2c1. The number of hydrogen-bond acceptors (Lipinski definition) is 11. The molecule has 11 heteroatoms. The van der Waals surface area contributed by atoms with Crippen LogP contribution < -0.4 is 16.0 Å². The summed E-state index contributed by atoms with van der Waals surface area (Å²) in [5.74, 6) is 3.03. The second kappa shape index (κ2) is 17.8. The van der Waals surface area contributed by atoms with E-state index in [1.165, 1.54) is 63.5 Å². The lowest BCUT2D eigenvalue weighted by Gasteiger charge is -2.26. The summed E-state index contributed by atoms with van der Waals surface area (Å²) in [4.78, 5) is 39.4. The van der Waals surface area contributed by atoms with Gasteiger partial charge < -0.3 is 20.7 Å². The Bertz CT molecular complexity index is 2220. The van der Waals surface area contributed by atoms with Crippen LogP contribution in [-0.4, -0.2) is 47.6 Å². The highest BCUT2D eigenvalue weighted by Gasteiger charge is 2.27. The maximum Gasteiger partial charge on any atom is 0.138 e. The van der Waals surface area contributed by atoms with Gasteiger partial charge in [0.15, 0.2) is 0 Å². The minimum atomic E-state index is 0.406. The zero-order valence-corrected chi connectivity index (χ0v) is 31.5. The Morgan fingerprint density at radius 2 is 1.22 bits per heavy atom.